The molecule has 0 spiro atoms. The molecule has 0 bridgehead atoms. The van der Waals surface area contributed by atoms with Crippen molar-refractivity contribution in [3.05, 3.63) is 41.0 Å². The number of benzene rings is 1. The summed E-state index contributed by atoms with van der Waals surface area (Å²) >= 11 is 1.73. The molecule has 8 heteroatoms. The zero-order chi connectivity index (χ0) is 17.0. The fraction of sp³-hybridized carbons (Fsp3) is 0.235. The minimum absolute atomic E-state index is 0.113. The van der Waals surface area contributed by atoms with Gasteiger partial charge in [0.25, 0.3) is 0 Å². The maximum Gasteiger partial charge on any atom is 0.387 e. The van der Waals surface area contributed by atoms with Crippen LogP contribution in [0.3, 0.4) is 0 Å². The summed E-state index contributed by atoms with van der Waals surface area (Å²) in [6.07, 6.45) is 5.01. The van der Waals surface area contributed by atoms with Crippen molar-refractivity contribution in [2.75, 3.05) is 0 Å². The van der Waals surface area contributed by atoms with Crippen molar-refractivity contribution in [3.8, 4) is 17.1 Å². The zero-order valence-corrected chi connectivity index (χ0v) is 13.8. The Morgan fingerprint density at radius 3 is 2.80 bits per heavy atom. The normalized spacial score (nSPS) is 13.9. The zero-order valence-electron chi connectivity index (χ0n) is 12.9. The Hall–Kier alpha value is -2.61. The van der Waals surface area contributed by atoms with E-state index >= 15 is 0 Å². The average Bonchev–Trinajstić information content (AvgIpc) is 3.27. The third kappa shape index (κ3) is 2.36. The second kappa shape index (κ2) is 5.45. The van der Waals surface area contributed by atoms with Crippen LogP contribution in [0.1, 0.15) is 16.9 Å². The summed E-state index contributed by atoms with van der Waals surface area (Å²) in [5, 5.41) is 5.58. The molecule has 3 aromatic heterocycles. The van der Waals surface area contributed by atoms with Crippen molar-refractivity contribution in [1.82, 2.24) is 19.6 Å². The quantitative estimate of drug-likeness (QED) is 0.553. The molecule has 0 saturated heterocycles. The number of halogens is 2. The second-order valence-corrected chi connectivity index (χ2v) is 6.97. The molecule has 1 aromatic carbocycles. The summed E-state index contributed by atoms with van der Waals surface area (Å²) in [6, 6.07) is 6.33. The fourth-order valence-electron chi connectivity index (χ4n) is 3.30. The third-order valence-corrected chi connectivity index (χ3v) is 5.58. The number of thiophene rings is 1. The lowest BCUT2D eigenvalue weighted by Crippen LogP contribution is -2.01. The Bertz CT molecular complexity index is 1090. The van der Waals surface area contributed by atoms with E-state index in [1.165, 1.54) is 29.0 Å². The van der Waals surface area contributed by atoms with Crippen molar-refractivity contribution in [3.63, 3.8) is 0 Å². The van der Waals surface area contributed by atoms with Crippen LogP contribution in [-0.2, 0) is 12.8 Å². The lowest BCUT2D eigenvalue weighted by molar-refractivity contribution is -0.0498. The predicted molar refractivity (Wildman–Crippen MR) is 90.3 cm³/mol. The molecule has 0 N–H and O–H groups in total. The van der Waals surface area contributed by atoms with E-state index in [-0.39, 0.29) is 5.75 Å². The van der Waals surface area contributed by atoms with E-state index in [0.717, 1.165) is 34.3 Å². The highest BCUT2D eigenvalue weighted by atomic mass is 32.1. The first kappa shape index (κ1) is 14.7. The van der Waals surface area contributed by atoms with Gasteiger partial charge in [0.1, 0.15) is 16.9 Å². The van der Waals surface area contributed by atoms with Crippen LogP contribution in [0.15, 0.2) is 30.6 Å². The molecule has 4 aromatic rings. The minimum Gasteiger partial charge on any atom is -0.435 e. The van der Waals surface area contributed by atoms with E-state index in [4.69, 9.17) is 0 Å². The van der Waals surface area contributed by atoms with E-state index in [1.54, 1.807) is 34.3 Å². The van der Waals surface area contributed by atoms with Crippen molar-refractivity contribution in [1.29, 1.82) is 0 Å². The van der Waals surface area contributed by atoms with Gasteiger partial charge in [-0.25, -0.2) is 14.5 Å². The first-order valence-electron chi connectivity index (χ1n) is 7.90. The molecule has 5 rings (SSSR count). The number of fused-ring (bicyclic) bond motifs is 5. The van der Waals surface area contributed by atoms with Crippen molar-refractivity contribution in [2.24, 2.45) is 0 Å². The largest absolute Gasteiger partial charge is 0.435 e. The van der Waals surface area contributed by atoms with Crippen LogP contribution >= 0.6 is 11.3 Å². The minimum atomic E-state index is -2.83. The third-order valence-electron chi connectivity index (χ3n) is 4.38. The molecular formula is C17H12F2N4OS. The topological polar surface area (TPSA) is 52.3 Å². The van der Waals surface area contributed by atoms with Crippen LogP contribution in [0.2, 0.25) is 0 Å². The Kier molecular flexibility index (Phi) is 3.21. The summed E-state index contributed by atoms with van der Waals surface area (Å²) in [7, 11) is 0. The first-order valence-corrected chi connectivity index (χ1v) is 8.71. The van der Waals surface area contributed by atoms with Gasteiger partial charge in [-0.05, 0) is 49.1 Å². The summed E-state index contributed by atoms with van der Waals surface area (Å²) in [6.45, 7) is -2.83. The number of hydrogen-bond acceptors (Lipinski definition) is 5. The van der Waals surface area contributed by atoms with Gasteiger partial charge in [0.05, 0.1) is 5.39 Å². The number of hydrogen-bond donors (Lipinski definition) is 0. The molecule has 0 radical (unpaired) electrons. The molecule has 0 fully saturated rings. The van der Waals surface area contributed by atoms with E-state index in [2.05, 4.69) is 19.8 Å². The standard InChI is InChI=1S/C17H12F2N4OS/c18-17(19)24-10-6-4-9(5-7-10)14-21-15-13-11-2-1-3-12(11)25-16(13)20-8-23(15)22-14/h4-8,17H,1-3H2. The van der Waals surface area contributed by atoms with Gasteiger partial charge >= 0.3 is 6.61 Å². The Morgan fingerprint density at radius 2 is 2.00 bits per heavy atom. The summed E-state index contributed by atoms with van der Waals surface area (Å²) in [4.78, 5) is 11.6. The van der Waals surface area contributed by atoms with Crippen LogP contribution in [0, 0.1) is 0 Å². The molecule has 3 heterocycles. The van der Waals surface area contributed by atoms with Gasteiger partial charge in [-0.1, -0.05) is 0 Å². The lowest BCUT2D eigenvalue weighted by Gasteiger charge is -2.03. The molecule has 0 aliphatic heterocycles. The van der Waals surface area contributed by atoms with Crippen LogP contribution in [-0.4, -0.2) is 26.2 Å². The molecule has 0 saturated carbocycles. The average molecular weight is 358 g/mol. The molecule has 0 atom stereocenters. The number of rotatable bonds is 3. The molecular weight excluding hydrogens is 346 g/mol. The highest BCUT2D eigenvalue weighted by Crippen LogP contribution is 2.38. The molecule has 1 aliphatic carbocycles. The monoisotopic (exact) mass is 358 g/mol. The van der Waals surface area contributed by atoms with E-state index in [1.807, 2.05) is 0 Å². The van der Waals surface area contributed by atoms with E-state index in [0.29, 0.717) is 5.82 Å². The number of nitrogens with zero attached hydrogens (tertiary/aromatic N) is 4. The molecule has 0 amide bonds. The lowest BCUT2D eigenvalue weighted by atomic mass is 10.2. The van der Waals surface area contributed by atoms with E-state index in [9.17, 15) is 8.78 Å². The number of ether oxygens (including phenoxy) is 1. The Labute approximate surface area is 144 Å². The van der Waals surface area contributed by atoms with Crippen LogP contribution in [0.25, 0.3) is 27.3 Å². The SMILES string of the molecule is FC(F)Oc1ccc(-c2nc3c4c5c(sc4ncn3n2)CCC5)cc1. The van der Waals surface area contributed by atoms with Gasteiger partial charge in [0, 0.05) is 10.4 Å². The van der Waals surface area contributed by atoms with Crippen molar-refractivity contribution < 1.29 is 13.5 Å². The van der Waals surface area contributed by atoms with Gasteiger partial charge < -0.3 is 4.74 Å². The maximum absolute atomic E-state index is 12.3. The number of aromatic nitrogens is 4. The van der Waals surface area contributed by atoms with Gasteiger partial charge in [0.2, 0.25) is 0 Å². The van der Waals surface area contributed by atoms with Gasteiger partial charge in [-0.15, -0.1) is 16.4 Å². The Balaban J connectivity index is 1.61. The molecule has 0 unspecified atom stereocenters. The van der Waals surface area contributed by atoms with Crippen LogP contribution in [0.4, 0.5) is 8.78 Å². The summed E-state index contributed by atoms with van der Waals surface area (Å²) in [5.41, 5.74) is 2.88. The molecule has 126 valence electrons. The van der Waals surface area contributed by atoms with Gasteiger partial charge in [-0.3, -0.25) is 0 Å². The smallest absolute Gasteiger partial charge is 0.387 e. The molecule has 25 heavy (non-hydrogen) atoms. The number of aryl methyl sites for hydroxylation is 2. The van der Waals surface area contributed by atoms with Gasteiger partial charge in [-0.2, -0.15) is 8.78 Å². The molecule has 1 aliphatic rings. The summed E-state index contributed by atoms with van der Waals surface area (Å²) < 4.78 is 30.6. The van der Waals surface area contributed by atoms with E-state index < -0.39 is 6.61 Å². The first-order chi connectivity index (χ1) is 12.2. The molecule has 5 nitrogen and oxygen atoms in total. The summed E-state index contributed by atoms with van der Waals surface area (Å²) in [5.74, 6) is 0.651. The van der Waals surface area contributed by atoms with Gasteiger partial charge in [0.15, 0.2) is 11.5 Å². The highest BCUT2D eigenvalue weighted by molar-refractivity contribution is 7.19. The fourth-order valence-corrected chi connectivity index (χ4v) is 4.52. The van der Waals surface area contributed by atoms with Crippen molar-refractivity contribution >= 4 is 27.2 Å². The van der Waals surface area contributed by atoms with Crippen LogP contribution in [0.5, 0.6) is 5.75 Å². The Morgan fingerprint density at radius 1 is 1.16 bits per heavy atom. The van der Waals surface area contributed by atoms with Crippen LogP contribution < -0.4 is 4.74 Å². The van der Waals surface area contributed by atoms with Crippen molar-refractivity contribution in [2.45, 2.75) is 25.9 Å². The highest BCUT2D eigenvalue weighted by Gasteiger charge is 2.22. The second-order valence-electron chi connectivity index (χ2n) is 5.89. The predicted octanol–water partition coefficient (Wildman–Crippen LogP) is 4.10. The maximum atomic E-state index is 12.3. The number of alkyl halides is 2.